The Morgan fingerprint density at radius 2 is 1.14 bits per heavy atom. The van der Waals surface area contributed by atoms with E-state index in [1.807, 2.05) is 0 Å². The van der Waals surface area contributed by atoms with Gasteiger partial charge in [-0.2, -0.15) is 0 Å². The molecule has 0 amide bonds. The van der Waals surface area contributed by atoms with Crippen molar-refractivity contribution >= 4 is 23.1 Å². The van der Waals surface area contributed by atoms with E-state index >= 15 is 0 Å². The van der Waals surface area contributed by atoms with Crippen LogP contribution in [-0.2, 0) is 19.3 Å². The predicted octanol–water partition coefficient (Wildman–Crippen LogP) is 4.35. The first kappa shape index (κ1) is 19.3. The molecule has 0 atom stereocenters. The van der Waals surface area contributed by atoms with Gasteiger partial charge in [-0.1, -0.05) is 95.9 Å². The van der Waals surface area contributed by atoms with Crippen molar-refractivity contribution in [3.8, 4) is 22.5 Å². The quantitative estimate of drug-likeness (QED) is 0.351. The minimum atomic E-state index is 0.230. The highest BCUT2D eigenvalue weighted by Gasteiger charge is 2.38. The van der Waals surface area contributed by atoms with E-state index in [0.29, 0.717) is 0 Å². The third-order valence-electron chi connectivity index (χ3n) is 8.22. The predicted molar refractivity (Wildman–Crippen MR) is 144 cm³/mol. The highest BCUT2D eigenvalue weighted by molar-refractivity contribution is 6.97. The van der Waals surface area contributed by atoms with Crippen molar-refractivity contribution in [3.05, 3.63) is 124 Å². The first-order valence-electron chi connectivity index (χ1n) is 12.5. The Labute approximate surface area is 205 Å². The van der Waals surface area contributed by atoms with E-state index in [2.05, 4.69) is 91.9 Å². The number of rotatable bonds is 1. The molecule has 8 rings (SSSR count). The molecule has 0 saturated carbocycles. The lowest BCUT2D eigenvalue weighted by molar-refractivity contribution is 0.985. The number of benzene rings is 4. The van der Waals surface area contributed by atoms with Crippen molar-refractivity contribution in [1.82, 2.24) is 9.97 Å². The molecule has 0 spiro atoms. The second-order valence-corrected chi connectivity index (χ2v) is 10.2. The SMILES string of the molecule is Cc1cccc2c1-c1c(cccc1-c1nc3c4c(n1)Cc1ccccc1B4c1ccccc1C3)C2. The van der Waals surface area contributed by atoms with Gasteiger partial charge < -0.3 is 0 Å². The summed E-state index contributed by atoms with van der Waals surface area (Å²) >= 11 is 0. The summed E-state index contributed by atoms with van der Waals surface area (Å²) in [4.78, 5) is 10.6. The van der Waals surface area contributed by atoms with Crippen LogP contribution in [0.1, 0.15) is 39.2 Å². The van der Waals surface area contributed by atoms with Crippen LogP contribution in [0.2, 0.25) is 0 Å². The Morgan fingerprint density at radius 3 is 1.83 bits per heavy atom. The molecule has 3 heterocycles. The van der Waals surface area contributed by atoms with Crippen LogP contribution in [0.3, 0.4) is 0 Å². The molecule has 0 bridgehead atoms. The van der Waals surface area contributed by atoms with Gasteiger partial charge in [-0.25, -0.2) is 9.97 Å². The van der Waals surface area contributed by atoms with Crippen molar-refractivity contribution in [2.24, 2.45) is 0 Å². The van der Waals surface area contributed by atoms with Gasteiger partial charge in [0.15, 0.2) is 5.82 Å². The molecule has 5 aromatic rings. The summed E-state index contributed by atoms with van der Waals surface area (Å²) in [5.74, 6) is 0.879. The van der Waals surface area contributed by atoms with Crippen LogP contribution in [0.5, 0.6) is 0 Å². The lowest BCUT2D eigenvalue weighted by Gasteiger charge is -2.33. The zero-order valence-corrected chi connectivity index (χ0v) is 19.7. The summed E-state index contributed by atoms with van der Waals surface area (Å²) in [6.45, 7) is 2.45. The lowest BCUT2D eigenvalue weighted by Crippen LogP contribution is -2.61. The van der Waals surface area contributed by atoms with E-state index < -0.39 is 0 Å². The van der Waals surface area contributed by atoms with Crippen LogP contribution >= 0.6 is 0 Å². The molecule has 35 heavy (non-hydrogen) atoms. The molecule has 2 aliphatic heterocycles. The van der Waals surface area contributed by atoms with Crippen LogP contribution in [-0.4, -0.2) is 16.7 Å². The van der Waals surface area contributed by atoms with E-state index in [1.54, 1.807) is 0 Å². The first-order valence-corrected chi connectivity index (χ1v) is 12.5. The van der Waals surface area contributed by atoms with Crippen LogP contribution in [0.4, 0.5) is 0 Å². The third-order valence-corrected chi connectivity index (χ3v) is 8.22. The Balaban J connectivity index is 1.39. The molecule has 2 nitrogen and oxygen atoms in total. The molecule has 1 aromatic heterocycles. The number of aromatic nitrogens is 2. The molecule has 0 saturated heterocycles. The molecule has 3 aliphatic rings. The standard InChI is InChI=1S/C32H23BN2/c1-19-8-6-11-22-16-23-12-7-13-24(30(23)29(19)22)32-34-27-17-20-9-2-4-14-25(20)33-26-15-5-3-10-21(26)18-28(35-32)31(27)33/h2-15H,16-18H2,1H3. The maximum Gasteiger partial charge on any atom is 0.246 e. The Hall–Kier alpha value is -3.98. The molecule has 0 unspecified atom stereocenters. The van der Waals surface area contributed by atoms with Gasteiger partial charge in [0.1, 0.15) is 0 Å². The Morgan fingerprint density at radius 1 is 0.571 bits per heavy atom. The molecule has 164 valence electrons. The topological polar surface area (TPSA) is 25.8 Å². The number of nitrogens with zero attached hydrogens (tertiary/aromatic N) is 2. The number of aryl methyl sites for hydroxylation is 1. The van der Waals surface area contributed by atoms with Crippen molar-refractivity contribution < 1.29 is 0 Å². The second-order valence-electron chi connectivity index (χ2n) is 10.2. The van der Waals surface area contributed by atoms with Gasteiger partial charge in [-0.3, -0.25) is 0 Å². The number of hydrogen-bond donors (Lipinski definition) is 0. The summed E-state index contributed by atoms with van der Waals surface area (Å²) in [6.07, 6.45) is 2.73. The van der Waals surface area contributed by atoms with Crippen LogP contribution in [0, 0.1) is 6.92 Å². The zero-order valence-electron chi connectivity index (χ0n) is 19.7. The summed E-state index contributed by atoms with van der Waals surface area (Å²) in [5, 5.41) is 0. The highest BCUT2D eigenvalue weighted by Crippen LogP contribution is 2.44. The smallest absolute Gasteiger partial charge is 0.233 e. The van der Waals surface area contributed by atoms with Crippen LogP contribution in [0.25, 0.3) is 22.5 Å². The summed E-state index contributed by atoms with van der Waals surface area (Å²) in [7, 11) is 0. The van der Waals surface area contributed by atoms with Crippen molar-refractivity contribution in [2.45, 2.75) is 26.2 Å². The molecule has 0 radical (unpaired) electrons. The van der Waals surface area contributed by atoms with Crippen molar-refractivity contribution in [2.75, 3.05) is 0 Å². The maximum atomic E-state index is 5.32. The minimum Gasteiger partial charge on any atom is -0.233 e. The van der Waals surface area contributed by atoms with E-state index in [9.17, 15) is 0 Å². The molecule has 3 heteroatoms. The van der Waals surface area contributed by atoms with Gasteiger partial charge in [0.2, 0.25) is 6.71 Å². The lowest BCUT2D eigenvalue weighted by atomic mass is 9.31. The van der Waals surface area contributed by atoms with Gasteiger partial charge in [-0.15, -0.1) is 0 Å². The average Bonchev–Trinajstić information content (AvgIpc) is 3.28. The summed E-state index contributed by atoms with van der Waals surface area (Å²) in [6, 6.07) is 31.1. The van der Waals surface area contributed by atoms with Crippen molar-refractivity contribution in [1.29, 1.82) is 0 Å². The number of fused-ring (bicyclic) bond motifs is 7. The Bertz CT molecular complexity index is 1630. The van der Waals surface area contributed by atoms with Gasteiger partial charge in [0, 0.05) is 29.8 Å². The molecular weight excluding hydrogens is 423 g/mol. The summed E-state index contributed by atoms with van der Waals surface area (Å²) < 4.78 is 0. The van der Waals surface area contributed by atoms with E-state index in [1.165, 1.54) is 72.3 Å². The average molecular weight is 446 g/mol. The molecule has 1 aliphatic carbocycles. The molecule has 4 aromatic carbocycles. The zero-order chi connectivity index (χ0) is 23.1. The first-order chi connectivity index (χ1) is 17.3. The van der Waals surface area contributed by atoms with Crippen molar-refractivity contribution in [3.63, 3.8) is 0 Å². The van der Waals surface area contributed by atoms with E-state index in [4.69, 9.17) is 9.97 Å². The fraction of sp³-hybridized carbons (Fsp3) is 0.125. The molecule has 0 fully saturated rings. The summed E-state index contributed by atoms with van der Waals surface area (Å²) in [5.41, 5.74) is 17.3. The maximum absolute atomic E-state index is 5.32. The Kier molecular flexibility index (Phi) is 3.88. The van der Waals surface area contributed by atoms with Gasteiger partial charge in [-0.05, 0) is 57.8 Å². The number of hydrogen-bond acceptors (Lipinski definition) is 2. The molecule has 0 N–H and O–H groups in total. The minimum absolute atomic E-state index is 0.230. The van der Waals surface area contributed by atoms with Crippen LogP contribution in [0.15, 0.2) is 84.9 Å². The van der Waals surface area contributed by atoms with Gasteiger partial charge >= 0.3 is 0 Å². The molecular formula is C32H23BN2. The van der Waals surface area contributed by atoms with Gasteiger partial charge in [0.05, 0.1) is 0 Å². The monoisotopic (exact) mass is 446 g/mol. The largest absolute Gasteiger partial charge is 0.246 e. The van der Waals surface area contributed by atoms with E-state index in [-0.39, 0.29) is 6.71 Å². The normalized spacial score (nSPS) is 14.0. The van der Waals surface area contributed by atoms with E-state index in [0.717, 1.165) is 25.1 Å². The third kappa shape index (κ3) is 2.67. The fourth-order valence-electron chi connectivity index (χ4n) is 6.75. The highest BCUT2D eigenvalue weighted by atomic mass is 14.9. The fourth-order valence-corrected chi connectivity index (χ4v) is 6.75. The second kappa shape index (κ2) is 7.02. The van der Waals surface area contributed by atoms with Gasteiger partial charge in [0.25, 0.3) is 0 Å². The van der Waals surface area contributed by atoms with Crippen LogP contribution < -0.4 is 16.4 Å².